The number of hydrogen-bond acceptors (Lipinski definition) is 1. The Morgan fingerprint density at radius 2 is 1.83 bits per heavy atom. The van der Waals surface area contributed by atoms with Crippen molar-refractivity contribution in [2.45, 2.75) is 26.4 Å². The maximum absolute atomic E-state index is 9.90. The molecule has 0 radical (unpaired) electrons. The van der Waals surface area contributed by atoms with Crippen molar-refractivity contribution in [2.75, 3.05) is 0 Å². The van der Waals surface area contributed by atoms with Crippen molar-refractivity contribution in [3.05, 3.63) is 0 Å². The largest absolute Gasteiger partial charge is 1.00 e. The van der Waals surface area contributed by atoms with Crippen LogP contribution in [0.15, 0.2) is 0 Å². The van der Waals surface area contributed by atoms with Gasteiger partial charge in [0.1, 0.15) is 0 Å². The van der Waals surface area contributed by atoms with Gasteiger partial charge in [-0.1, -0.05) is 20.3 Å². The molecule has 2 heteroatoms. The fourth-order valence-corrected chi connectivity index (χ4v) is 0. The number of rotatable bonds is 1. The Hall–Kier alpha value is 1.60. The van der Waals surface area contributed by atoms with E-state index in [1.54, 1.807) is 6.92 Å². The van der Waals surface area contributed by atoms with Gasteiger partial charge in [-0.15, -0.1) is 6.10 Å². The van der Waals surface area contributed by atoms with Gasteiger partial charge in [-0.2, -0.15) is 0 Å². The summed E-state index contributed by atoms with van der Waals surface area (Å²) >= 11 is 0. The van der Waals surface area contributed by atoms with Gasteiger partial charge >= 0.3 is 51.4 Å². The van der Waals surface area contributed by atoms with Crippen LogP contribution in [0.1, 0.15) is 20.3 Å². The Bertz CT molecular complexity index is 21.5. The molecule has 6 heavy (non-hydrogen) atoms. The molecule has 0 saturated carbocycles. The maximum Gasteiger partial charge on any atom is 1.00 e. The van der Waals surface area contributed by atoms with Crippen molar-refractivity contribution in [1.29, 1.82) is 0 Å². The van der Waals surface area contributed by atoms with Gasteiger partial charge in [0, 0.05) is 0 Å². The van der Waals surface area contributed by atoms with Gasteiger partial charge in [-0.05, 0) is 0 Å². The Balaban J connectivity index is 0. The van der Waals surface area contributed by atoms with Gasteiger partial charge < -0.3 is 5.11 Å². The van der Waals surface area contributed by atoms with Crippen LogP contribution in [0.3, 0.4) is 0 Å². The van der Waals surface area contributed by atoms with Crippen molar-refractivity contribution >= 4 is 0 Å². The average Bonchev–Trinajstić information content (AvgIpc) is 1.38. The molecule has 0 rings (SSSR count). The first-order valence-corrected chi connectivity index (χ1v) is 1.93. The first-order valence-electron chi connectivity index (χ1n) is 1.93. The minimum Gasteiger partial charge on any atom is -0.852 e. The van der Waals surface area contributed by atoms with E-state index in [2.05, 4.69) is 0 Å². The van der Waals surface area contributed by atoms with Gasteiger partial charge in [-0.25, -0.2) is 0 Å². The third kappa shape index (κ3) is 9.14. The van der Waals surface area contributed by atoms with Crippen LogP contribution in [0.2, 0.25) is 0 Å². The zero-order valence-corrected chi connectivity index (χ0v) is 7.82. The monoisotopic (exact) mass is 112 g/mol. The molecule has 0 bridgehead atoms. The third-order valence-corrected chi connectivity index (χ3v) is 0.575. The smallest absolute Gasteiger partial charge is 0.852 e. The van der Waals surface area contributed by atoms with Gasteiger partial charge in [0.15, 0.2) is 0 Å². The summed E-state index contributed by atoms with van der Waals surface area (Å²) in [6.07, 6.45) is 0.384. The van der Waals surface area contributed by atoms with Crippen LogP contribution in [-0.4, -0.2) is 6.10 Å². The summed E-state index contributed by atoms with van der Waals surface area (Å²) in [6, 6.07) is 0. The van der Waals surface area contributed by atoms with Crippen molar-refractivity contribution < 1.29 is 56.5 Å². The molecule has 0 unspecified atom stereocenters. The third-order valence-electron chi connectivity index (χ3n) is 0.575. The normalized spacial score (nSPS) is 12.5. The summed E-state index contributed by atoms with van der Waals surface area (Å²) in [7, 11) is 0. The molecule has 0 aliphatic heterocycles. The number of hydrogen-bond donors (Lipinski definition) is 0. The zero-order valence-electron chi connectivity index (χ0n) is 4.69. The van der Waals surface area contributed by atoms with E-state index < -0.39 is 0 Å². The molecule has 0 amide bonds. The summed E-state index contributed by atoms with van der Waals surface area (Å²) < 4.78 is 0. The molecule has 1 nitrogen and oxygen atoms in total. The molecule has 0 aliphatic carbocycles. The minimum absolute atomic E-state index is 0. The van der Waals surface area contributed by atoms with Crippen LogP contribution in [-0.2, 0) is 0 Å². The van der Waals surface area contributed by atoms with Crippen LogP contribution in [0.4, 0.5) is 0 Å². The maximum atomic E-state index is 9.90. The summed E-state index contributed by atoms with van der Waals surface area (Å²) in [5.41, 5.74) is 0. The minimum atomic E-state index is -0.366. The Kier molecular flexibility index (Phi) is 11.6. The molecule has 0 fully saturated rings. The molecule has 0 saturated heterocycles. The molecule has 32 valence electrons. The van der Waals surface area contributed by atoms with Crippen molar-refractivity contribution in [1.82, 2.24) is 0 Å². The standard InChI is InChI=1S/C4H9O.K/c1-3-4(2)5;/h4H,3H2,1-2H3;/q-1;+1/t4-;/m0./s1. The topological polar surface area (TPSA) is 23.1 Å². The Labute approximate surface area is 81.6 Å². The van der Waals surface area contributed by atoms with Crippen molar-refractivity contribution in [3.8, 4) is 0 Å². The summed E-state index contributed by atoms with van der Waals surface area (Å²) in [4.78, 5) is 0. The van der Waals surface area contributed by atoms with Gasteiger partial charge in [-0.3, -0.25) is 0 Å². The molecule has 0 aromatic heterocycles. The van der Waals surface area contributed by atoms with E-state index in [1.165, 1.54) is 0 Å². The van der Waals surface area contributed by atoms with Crippen LogP contribution < -0.4 is 56.5 Å². The molecule has 0 heterocycles. The molecule has 0 aromatic rings. The fraction of sp³-hybridized carbons (Fsp3) is 1.00. The molecule has 0 N–H and O–H groups in total. The predicted molar refractivity (Wildman–Crippen MR) is 19.8 cm³/mol. The summed E-state index contributed by atoms with van der Waals surface area (Å²) in [6.45, 7) is 3.55. The molecule has 0 aromatic carbocycles. The van der Waals surface area contributed by atoms with Crippen LogP contribution in [0.5, 0.6) is 0 Å². The average molecular weight is 112 g/mol. The van der Waals surface area contributed by atoms with E-state index in [4.69, 9.17) is 0 Å². The second kappa shape index (κ2) is 6.60. The van der Waals surface area contributed by atoms with E-state index in [9.17, 15) is 5.11 Å². The fourth-order valence-electron chi connectivity index (χ4n) is 0. The molecule has 0 aliphatic rings. The van der Waals surface area contributed by atoms with E-state index in [0.717, 1.165) is 6.42 Å². The second-order valence-corrected chi connectivity index (χ2v) is 1.22. The van der Waals surface area contributed by atoms with E-state index in [-0.39, 0.29) is 57.5 Å². The molecule has 0 spiro atoms. The Morgan fingerprint density at radius 1 is 1.67 bits per heavy atom. The van der Waals surface area contributed by atoms with Crippen LogP contribution in [0.25, 0.3) is 0 Å². The summed E-state index contributed by atoms with van der Waals surface area (Å²) in [5.74, 6) is 0. The molecule has 1 atom stereocenters. The SMILES string of the molecule is CC[C@H](C)[O-].[K+]. The first kappa shape index (κ1) is 10.6. The quantitative estimate of drug-likeness (QED) is 0.335. The van der Waals surface area contributed by atoms with E-state index in [0.29, 0.717) is 0 Å². The second-order valence-electron chi connectivity index (χ2n) is 1.22. The van der Waals surface area contributed by atoms with E-state index in [1.807, 2.05) is 6.92 Å². The van der Waals surface area contributed by atoms with Gasteiger partial charge in [0.05, 0.1) is 0 Å². The Morgan fingerprint density at radius 3 is 1.83 bits per heavy atom. The zero-order chi connectivity index (χ0) is 4.28. The summed E-state index contributed by atoms with van der Waals surface area (Å²) in [5, 5.41) is 9.90. The van der Waals surface area contributed by atoms with Crippen molar-refractivity contribution in [3.63, 3.8) is 0 Å². The van der Waals surface area contributed by atoms with Gasteiger partial charge in [0.2, 0.25) is 0 Å². The first-order chi connectivity index (χ1) is 2.27. The van der Waals surface area contributed by atoms with Crippen molar-refractivity contribution in [2.24, 2.45) is 0 Å². The molecular weight excluding hydrogens is 103 g/mol. The van der Waals surface area contributed by atoms with Gasteiger partial charge in [0.25, 0.3) is 0 Å². The predicted octanol–water partition coefficient (Wildman–Crippen LogP) is -2.85. The van der Waals surface area contributed by atoms with E-state index >= 15 is 0 Å². The van der Waals surface area contributed by atoms with Crippen LogP contribution >= 0.6 is 0 Å². The molecular formula is C4H9KO. The van der Waals surface area contributed by atoms with Crippen LogP contribution in [0, 0.1) is 0 Å².